The highest BCUT2D eigenvalue weighted by molar-refractivity contribution is 7.09. The van der Waals surface area contributed by atoms with Crippen LogP contribution in [0.3, 0.4) is 0 Å². The van der Waals surface area contributed by atoms with Gasteiger partial charge in [0.1, 0.15) is 11.1 Å². The molecule has 1 amide bonds. The number of hydrogen-bond acceptors (Lipinski definition) is 6. The first-order valence-electron chi connectivity index (χ1n) is 9.57. The van der Waals surface area contributed by atoms with Crippen LogP contribution in [0.25, 0.3) is 10.8 Å². The maximum Gasteiger partial charge on any atom is 0.340 e. The van der Waals surface area contributed by atoms with E-state index in [1.54, 1.807) is 19.1 Å². The van der Waals surface area contributed by atoms with Gasteiger partial charge >= 0.3 is 5.97 Å². The molecule has 0 radical (unpaired) electrons. The molecule has 0 aliphatic heterocycles. The number of anilines is 1. The number of benzene rings is 2. The van der Waals surface area contributed by atoms with Crippen LogP contribution in [0.2, 0.25) is 0 Å². The van der Waals surface area contributed by atoms with Crippen molar-refractivity contribution in [1.82, 2.24) is 4.98 Å². The molecule has 3 rings (SSSR count). The van der Waals surface area contributed by atoms with Crippen LogP contribution < -0.4 is 5.32 Å². The molecule has 0 bridgehead atoms. The molecule has 3 aromatic rings. The van der Waals surface area contributed by atoms with Gasteiger partial charge in [0.2, 0.25) is 5.91 Å². The highest BCUT2D eigenvalue weighted by atomic mass is 32.1. The van der Waals surface area contributed by atoms with Gasteiger partial charge in [0, 0.05) is 12.0 Å². The quantitative estimate of drug-likeness (QED) is 0.540. The molecule has 1 heterocycles. The fourth-order valence-corrected chi connectivity index (χ4v) is 3.81. The highest BCUT2D eigenvalue weighted by Gasteiger charge is 2.17. The predicted molar refractivity (Wildman–Crippen MR) is 114 cm³/mol. The number of fused-ring (bicyclic) bond motifs is 1. The summed E-state index contributed by atoms with van der Waals surface area (Å²) >= 11 is 1.47. The number of carbonyl (C=O) groups is 2. The van der Waals surface area contributed by atoms with E-state index in [0.717, 1.165) is 15.8 Å². The summed E-state index contributed by atoms with van der Waals surface area (Å²) in [6.07, 6.45) is 0.0162. The van der Waals surface area contributed by atoms with Crippen LogP contribution in [-0.2, 0) is 20.7 Å². The second-order valence-corrected chi connectivity index (χ2v) is 7.35. The van der Waals surface area contributed by atoms with Crippen LogP contribution in [0.15, 0.2) is 41.8 Å². The lowest BCUT2D eigenvalue weighted by Crippen LogP contribution is -2.18. The summed E-state index contributed by atoms with van der Waals surface area (Å²) in [4.78, 5) is 29.5. The first kappa shape index (κ1) is 21.0. The lowest BCUT2D eigenvalue weighted by atomic mass is 10.0. The first-order valence-corrected chi connectivity index (χ1v) is 10.5. The molecule has 0 fully saturated rings. The van der Waals surface area contributed by atoms with Gasteiger partial charge in [0.15, 0.2) is 0 Å². The smallest absolute Gasteiger partial charge is 0.340 e. The zero-order valence-electron chi connectivity index (χ0n) is 16.7. The number of esters is 1. The minimum Gasteiger partial charge on any atom is -0.462 e. The van der Waals surface area contributed by atoms with E-state index in [1.165, 1.54) is 11.3 Å². The Morgan fingerprint density at radius 3 is 2.55 bits per heavy atom. The third-order valence-corrected chi connectivity index (χ3v) is 5.39. The Bertz CT molecular complexity index is 1010. The van der Waals surface area contributed by atoms with Crippen LogP contribution in [0.4, 0.5) is 5.69 Å². The number of amides is 1. The minimum atomic E-state index is -0.463. The maximum absolute atomic E-state index is 12.6. The van der Waals surface area contributed by atoms with Gasteiger partial charge in [-0.15, -0.1) is 11.3 Å². The molecule has 0 aliphatic rings. The average molecular weight is 413 g/mol. The summed E-state index contributed by atoms with van der Waals surface area (Å²) in [7, 11) is 0. The van der Waals surface area contributed by atoms with Crippen molar-refractivity contribution in [3.05, 3.63) is 58.0 Å². The second kappa shape index (κ2) is 9.62. The molecule has 7 heteroatoms. The predicted octanol–water partition coefficient (Wildman–Crippen LogP) is 4.75. The number of ether oxygens (including phenoxy) is 2. The Morgan fingerprint density at radius 1 is 1.14 bits per heavy atom. The van der Waals surface area contributed by atoms with Crippen molar-refractivity contribution in [2.24, 2.45) is 0 Å². The number of nitrogens with one attached hydrogen (secondary N) is 1. The van der Waals surface area contributed by atoms with E-state index in [1.807, 2.05) is 43.5 Å². The molecule has 2 aromatic carbocycles. The third-order valence-electron chi connectivity index (χ3n) is 4.33. The van der Waals surface area contributed by atoms with Gasteiger partial charge in [0.05, 0.1) is 30.0 Å². The van der Waals surface area contributed by atoms with Gasteiger partial charge in [0.25, 0.3) is 0 Å². The van der Waals surface area contributed by atoms with Gasteiger partial charge < -0.3 is 14.8 Å². The molecule has 0 saturated heterocycles. The molecule has 1 N–H and O–H groups in total. The number of hydrogen-bond donors (Lipinski definition) is 1. The van der Waals surface area contributed by atoms with E-state index < -0.39 is 5.97 Å². The SMILES string of the molecule is CCOC(=O)c1cc2ccccc2cc1NC(=O)Cc1csc(C(C)OCC)n1. The summed E-state index contributed by atoms with van der Waals surface area (Å²) < 4.78 is 10.7. The minimum absolute atomic E-state index is 0.0993. The largest absolute Gasteiger partial charge is 0.462 e. The average Bonchev–Trinajstić information content (AvgIpc) is 3.16. The van der Waals surface area contributed by atoms with Crippen LogP contribution in [0.1, 0.15) is 47.9 Å². The Morgan fingerprint density at radius 2 is 1.86 bits per heavy atom. The van der Waals surface area contributed by atoms with Crippen molar-refractivity contribution < 1.29 is 19.1 Å². The van der Waals surface area contributed by atoms with Gasteiger partial charge in [-0.3, -0.25) is 4.79 Å². The molecule has 0 saturated carbocycles. The third kappa shape index (κ3) is 5.19. The molecule has 29 heavy (non-hydrogen) atoms. The van der Waals surface area contributed by atoms with Crippen molar-refractivity contribution in [2.75, 3.05) is 18.5 Å². The molecule has 1 atom stereocenters. The van der Waals surface area contributed by atoms with Crippen LogP contribution in [-0.4, -0.2) is 30.1 Å². The molecule has 1 aromatic heterocycles. The fraction of sp³-hybridized carbons (Fsp3) is 0.318. The van der Waals surface area contributed by atoms with Crippen LogP contribution in [0.5, 0.6) is 0 Å². The number of thiazole rings is 1. The zero-order chi connectivity index (χ0) is 20.8. The Labute approximate surface area is 173 Å². The van der Waals surface area contributed by atoms with Crippen LogP contribution in [0, 0.1) is 0 Å². The summed E-state index contributed by atoms with van der Waals surface area (Å²) in [5.74, 6) is -0.707. The zero-order valence-corrected chi connectivity index (χ0v) is 17.5. The number of rotatable bonds is 8. The molecule has 6 nitrogen and oxygen atoms in total. The van der Waals surface area contributed by atoms with Crippen LogP contribution >= 0.6 is 11.3 Å². The summed E-state index contributed by atoms with van der Waals surface area (Å²) in [5.41, 5.74) is 1.45. The lowest BCUT2D eigenvalue weighted by Gasteiger charge is -2.12. The number of nitrogens with zero attached hydrogens (tertiary/aromatic N) is 1. The summed E-state index contributed by atoms with van der Waals surface area (Å²) in [6.45, 7) is 6.49. The lowest BCUT2D eigenvalue weighted by molar-refractivity contribution is -0.115. The van der Waals surface area contributed by atoms with Gasteiger partial charge in [-0.1, -0.05) is 24.3 Å². The Balaban J connectivity index is 1.80. The van der Waals surface area contributed by atoms with E-state index in [-0.39, 0.29) is 25.0 Å². The van der Waals surface area contributed by atoms with E-state index >= 15 is 0 Å². The topological polar surface area (TPSA) is 77.5 Å². The van der Waals surface area contributed by atoms with Gasteiger partial charge in [-0.25, -0.2) is 9.78 Å². The Hall–Kier alpha value is -2.77. The van der Waals surface area contributed by atoms with Crippen molar-refractivity contribution >= 4 is 39.7 Å². The molecule has 0 spiro atoms. The van der Waals surface area contributed by atoms with E-state index in [9.17, 15) is 9.59 Å². The van der Waals surface area contributed by atoms with Crippen molar-refractivity contribution in [2.45, 2.75) is 33.3 Å². The number of aromatic nitrogens is 1. The van der Waals surface area contributed by atoms with Crippen molar-refractivity contribution in [3.63, 3.8) is 0 Å². The monoisotopic (exact) mass is 412 g/mol. The van der Waals surface area contributed by atoms with E-state index in [4.69, 9.17) is 9.47 Å². The maximum atomic E-state index is 12.6. The second-order valence-electron chi connectivity index (χ2n) is 6.47. The normalized spacial score (nSPS) is 12.0. The van der Waals surface area contributed by atoms with E-state index in [0.29, 0.717) is 23.6 Å². The molecular formula is C22H24N2O4S. The molecule has 0 aliphatic carbocycles. The first-order chi connectivity index (χ1) is 14.0. The highest BCUT2D eigenvalue weighted by Crippen LogP contribution is 2.26. The summed E-state index contributed by atoms with van der Waals surface area (Å²) in [6, 6.07) is 11.2. The van der Waals surface area contributed by atoms with E-state index in [2.05, 4.69) is 10.3 Å². The molecular weight excluding hydrogens is 388 g/mol. The van der Waals surface area contributed by atoms with Gasteiger partial charge in [-0.2, -0.15) is 0 Å². The molecule has 152 valence electrons. The standard InChI is InChI=1S/C22H24N2O4S/c1-4-27-14(3)21-23-17(13-29-21)12-20(25)24-19-11-16-9-7-6-8-15(16)10-18(19)22(26)28-5-2/h6-11,13-14H,4-5,12H2,1-3H3,(H,24,25). The van der Waals surface area contributed by atoms with Crippen molar-refractivity contribution in [1.29, 1.82) is 0 Å². The van der Waals surface area contributed by atoms with Gasteiger partial charge in [-0.05, 0) is 43.7 Å². The van der Waals surface area contributed by atoms with Crippen molar-refractivity contribution in [3.8, 4) is 0 Å². The Kier molecular flexibility index (Phi) is 6.95. The number of carbonyl (C=O) groups excluding carboxylic acids is 2. The molecule has 1 unspecified atom stereocenters. The summed E-state index contributed by atoms with van der Waals surface area (Å²) in [5, 5.41) is 7.38. The fourth-order valence-electron chi connectivity index (χ4n) is 2.99.